The van der Waals surface area contributed by atoms with Crippen LogP contribution in [0.1, 0.15) is 10.4 Å². The summed E-state index contributed by atoms with van der Waals surface area (Å²) >= 11 is 0. The van der Waals surface area contributed by atoms with Gasteiger partial charge in [-0.2, -0.15) is 0 Å². The molecule has 0 radical (unpaired) electrons. The summed E-state index contributed by atoms with van der Waals surface area (Å²) in [5.41, 5.74) is 10.6. The number of carbonyl (C=O) groups is 1. The Balaban J connectivity index is 1.64. The molecule has 1 aromatic heterocycles. The van der Waals surface area contributed by atoms with Gasteiger partial charge in [-0.05, 0) is 60.3 Å². The fourth-order valence-corrected chi connectivity index (χ4v) is 3.56. The molecule has 3 aromatic carbocycles. The largest absolute Gasteiger partial charge is 0.383 e. The van der Waals surface area contributed by atoms with E-state index >= 15 is 0 Å². The van der Waals surface area contributed by atoms with Crippen LogP contribution in [0.15, 0.2) is 79.0 Å². The molecule has 1 heterocycles. The van der Waals surface area contributed by atoms with Crippen molar-refractivity contribution in [2.24, 2.45) is 0 Å². The first-order valence-corrected chi connectivity index (χ1v) is 10.3. The zero-order chi connectivity index (χ0) is 21.8. The Hall–Kier alpha value is -3.70. The van der Waals surface area contributed by atoms with Gasteiger partial charge in [0, 0.05) is 36.0 Å². The summed E-state index contributed by atoms with van der Waals surface area (Å²) in [6, 6.07) is 24.1. The van der Waals surface area contributed by atoms with Crippen molar-refractivity contribution >= 4 is 22.5 Å². The molecule has 1 amide bonds. The van der Waals surface area contributed by atoms with Crippen molar-refractivity contribution in [3.63, 3.8) is 0 Å². The molecule has 0 spiro atoms. The van der Waals surface area contributed by atoms with Crippen LogP contribution in [0.2, 0.25) is 0 Å². The number of anilines is 1. The van der Waals surface area contributed by atoms with Gasteiger partial charge in [-0.15, -0.1) is 0 Å². The molecule has 0 saturated heterocycles. The Morgan fingerprint density at radius 1 is 0.903 bits per heavy atom. The zero-order valence-corrected chi connectivity index (χ0v) is 17.8. The lowest BCUT2D eigenvalue weighted by molar-refractivity contribution is 0.0951. The van der Waals surface area contributed by atoms with Gasteiger partial charge in [0.05, 0.1) is 0 Å². The van der Waals surface area contributed by atoms with E-state index in [1.165, 1.54) is 5.39 Å². The van der Waals surface area contributed by atoms with Crippen LogP contribution in [0.5, 0.6) is 0 Å². The maximum absolute atomic E-state index is 12.5. The first kappa shape index (κ1) is 20.6. The average Bonchev–Trinajstić information content (AvgIpc) is 2.79. The number of likely N-dealkylation sites (N-methyl/N-ethyl adjacent to an activating group) is 1. The van der Waals surface area contributed by atoms with E-state index in [-0.39, 0.29) is 5.91 Å². The molecule has 0 bridgehead atoms. The lowest BCUT2D eigenvalue weighted by Crippen LogP contribution is -2.31. The average molecular weight is 411 g/mol. The van der Waals surface area contributed by atoms with Crippen LogP contribution in [0.3, 0.4) is 0 Å². The smallest absolute Gasteiger partial charge is 0.251 e. The van der Waals surface area contributed by atoms with Crippen molar-refractivity contribution in [1.29, 1.82) is 0 Å². The van der Waals surface area contributed by atoms with E-state index in [2.05, 4.69) is 40.6 Å². The van der Waals surface area contributed by atoms with Gasteiger partial charge >= 0.3 is 0 Å². The minimum Gasteiger partial charge on any atom is -0.383 e. The number of nitrogen functional groups attached to an aromatic ring is 1. The van der Waals surface area contributed by atoms with Crippen LogP contribution in [-0.4, -0.2) is 43.0 Å². The third-order valence-electron chi connectivity index (χ3n) is 5.28. The first-order chi connectivity index (χ1) is 15.0. The number of aromatic nitrogens is 1. The van der Waals surface area contributed by atoms with Crippen molar-refractivity contribution in [3.05, 3.63) is 84.6 Å². The van der Waals surface area contributed by atoms with Crippen molar-refractivity contribution in [3.8, 4) is 22.3 Å². The molecule has 5 nitrogen and oxygen atoms in total. The van der Waals surface area contributed by atoms with Gasteiger partial charge in [0.1, 0.15) is 5.82 Å². The van der Waals surface area contributed by atoms with Gasteiger partial charge in [-0.1, -0.05) is 48.5 Å². The number of fused-ring (bicyclic) bond motifs is 1. The van der Waals surface area contributed by atoms with E-state index in [4.69, 9.17) is 5.73 Å². The van der Waals surface area contributed by atoms with Crippen LogP contribution in [0.25, 0.3) is 33.0 Å². The number of nitrogens with two attached hydrogens (primary N) is 1. The standard InChI is InChI=1S/C26H26N4O/c1-30(2)13-12-28-26(31)22-9-5-8-20(15-22)23-16-24(25(27)29-17-23)21-11-10-18-6-3-4-7-19(18)14-21/h3-11,14-17H,12-13H2,1-2H3,(H2,27,29)(H,28,31). The molecule has 156 valence electrons. The van der Waals surface area contributed by atoms with Crippen LogP contribution >= 0.6 is 0 Å². The van der Waals surface area contributed by atoms with Gasteiger partial charge in [0.25, 0.3) is 5.91 Å². The number of rotatable bonds is 6. The van der Waals surface area contributed by atoms with Crippen LogP contribution in [-0.2, 0) is 0 Å². The van der Waals surface area contributed by atoms with E-state index in [0.717, 1.165) is 34.2 Å². The Morgan fingerprint density at radius 2 is 1.71 bits per heavy atom. The predicted molar refractivity (Wildman–Crippen MR) is 128 cm³/mol. The van der Waals surface area contributed by atoms with E-state index in [1.807, 2.05) is 61.5 Å². The monoisotopic (exact) mass is 410 g/mol. The molecule has 0 aliphatic rings. The van der Waals surface area contributed by atoms with Gasteiger partial charge in [0.15, 0.2) is 0 Å². The molecular formula is C26H26N4O. The number of hydrogen-bond donors (Lipinski definition) is 2. The fraction of sp³-hybridized carbons (Fsp3) is 0.154. The number of nitrogens with one attached hydrogen (secondary N) is 1. The van der Waals surface area contributed by atoms with Crippen LogP contribution in [0, 0.1) is 0 Å². The fourth-order valence-electron chi connectivity index (χ4n) is 3.56. The summed E-state index contributed by atoms with van der Waals surface area (Å²) in [5.74, 6) is 0.401. The number of benzene rings is 3. The highest BCUT2D eigenvalue weighted by Crippen LogP contribution is 2.31. The molecule has 0 aliphatic heterocycles. The third-order valence-corrected chi connectivity index (χ3v) is 5.28. The zero-order valence-electron chi connectivity index (χ0n) is 17.8. The molecule has 31 heavy (non-hydrogen) atoms. The summed E-state index contributed by atoms with van der Waals surface area (Å²) in [6.07, 6.45) is 1.75. The Bertz CT molecular complexity index is 1230. The molecule has 0 atom stereocenters. The van der Waals surface area contributed by atoms with Crippen molar-refractivity contribution in [2.75, 3.05) is 32.9 Å². The SMILES string of the molecule is CN(C)CCNC(=O)c1cccc(-c2cnc(N)c(-c3ccc4ccccc4c3)c2)c1. The maximum atomic E-state index is 12.5. The number of nitrogens with zero attached hydrogens (tertiary/aromatic N) is 2. The molecule has 0 unspecified atom stereocenters. The normalized spacial score (nSPS) is 11.1. The number of carbonyl (C=O) groups excluding carboxylic acids is 1. The van der Waals surface area contributed by atoms with E-state index < -0.39 is 0 Å². The Kier molecular flexibility index (Phi) is 5.96. The Morgan fingerprint density at radius 3 is 2.52 bits per heavy atom. The molecular weight excluding hydrogens is 384 g/mol. The van der Waals surface area contributed by atoms with Crippen LogP contribution in [0.4, 0.5) is 5.82 Å². The molecule has 4 rings (SSSR count). The van der Waals surface area contributed by atoms with Crippen LogP contribution < -0.4 is 11.1 Å². The van der Waals surface area contributed by atoms with E-state index in [0.29, 0.717) is 17.9 Å². The highest BCUT2D eigenvalue weighted by Gasteiger charge is 2.11. The van der Waals surface area contributed by atoms with Crippen molar-refractivity contribution in [2.45, 2.75) is 0 Å². The van der Waals surface area contributed by atoms with Gasteiger partial charge in [0.2, 0.25) is 0 Å². The van der Waals surface area contributed by atoms with Crippen molar-refractivity contribution in [1.82, 2.24) is 15.2 Å². The number of pyridine rings is 1. The molecule has 0 fully saturated rings. The number of amides is 1. The number of hydrogen-bond acceptors (Lipinski definition) is 4. The minimum atomic E-state index is -0.0816. The highest BCUT2D eigenvalue weighted by molar-refractivity contribution is 5.96. The summed E-state index contributed by atoms with van der Waals surface area (Å²) in [7, 11) is 3.96. The first-order valence-electron chi connectivity index (χ1n) is 10.3. The van der Waals surface area contributed by atoms with Gasteiger partial charge in [-0.25, -0.2) is 4.98 Å². The minimum absolute atomic E-state index is 0.0816. The second kappa shape index (κ2) is 8.98. The summed E-state index contributed by atoms with van der Waals surface area (Å²) < 4.78 is 0. The third kappa shape index (κ3) is 4.73. The van der Waals surface area contributed by atoms with Crippen molar-refractivity contribution < 1.29 is 4.79 Å². The quantitative estimate of drug-likeness (QED) is 0.493. The van der Waals surface area contributed by atoms with Gasteiger partial charge < -0.3 is 16.0 Å². The maximum Gasteiger partial charge on any atom is 0.251 e. The lowest BCUT2D eigenvalue weighted by atomic mass is 9.98. The summed E-state index contributed by atoms with van der Waals surface area (Å²) in [6.45, 7) is 1.40. The molecule has 3 N–H and O–H groups in total. The molecule has 0 saturated carbocycles. The van der Waals surface area contributed by atoms with Gasteiger partial charge in [-0.3, -0.25) is 4.79 Å². The topological polar surface area (TPSA) is 71.2 Å². The van der Waals surface area contributed by atoms with E-state index in [9.17, 15) is 4.79 Å². The highest BCUT2D eigenvalue weighted by atomic mass is 16.1. The second-order valence-corrected chi connectivity index (χ2v) is 7.86. The second-order valence-electron chi connectivity index (χ2n) is 7.86. The Labute approximate surface area is 182 Å². The predicted octanol–water partition coefficient (Wildman–Crippen LogP) is 4.44. The molecule has 5 heteroatoms. The molecule has 0 aliphatic carbocycles. The molecule has 4 aromatic rings. The summed E-state index contributed by atoms with van der Waals surface area (Å²) in [5, 5.41) is 5.29. The summed E-state index contributed by atoms with van der Waals surface area (Å²) in [4.78, 5) is 19.0. The van der Waals surface area contributed by atoms with E-state index in [1.54, 1.807) is 6.20 Å². The lowest BCUT2D eigenvalue weighted by Gasteiger charge is -2.12.